The van der Waals surface area contributed by atoms with E-state index in [0.29, 0.717) is 22.3 Å². The fourth-order valence-electron chi connectivity index (χ4n) is 2.83. The molecule has 3 nitrogen and oxygen atoms in total. The number of allylic oxidation sites excluding steroid dienone is 2. The van der Waals surface area contributed by atoms with Crippen molar-refractivity contribution < 1.29 is 14.7 Å². The molecule has 2 aromatic carbocycles. The van der Waals surface area contributed by atoms with E-state index in [1.807, 2.05) is 20.8 Å². The molecule has 0 saturated carbocycles. The molecular formula is C20H18O3. The smallest absolute Gasteiger partial charge is 0.194 e. The van der Waals surface area contributed by atoms with Crippen LogP contribution in [0.15, 0.2) is 48.5 Å². The third-order valence-electron chi connectivity index (χ3n) is 4.07. The van der Waals surface area contributed by atoms with Crippen LogP contribution in [0.4, 0.5) is 0 Å². The molecule has 0 aliphatic heterocycles. The van der Waals surface area contributed by atoms with Crippen LogP contribution in [0.1, 0.15) is 52.6 Å². The van der Waals surface area contributed by atoms with Crippen LogP contribution in [0.25, 0.3) is 5.57 Å². The van der Waals surface area contributed by atoms with Gasteiger partial charge >= 0.3 is 0 Å². The number of hydrogen-bond acceptors (Lipinski definition) is 3. The Hall–Kier alpha value is -2.68. The lowest BCUT2D eigenvalue weighted by Gasteiger charge is -2.22. The lowest BCUT2D eigenvalue weighted by atomic mass is 9.82. The SMILES string of the molecule is CC(C)(C)c1cc(C2=CC(=O)c3ccccc3C2=O)ccc1O. The van der Waals surface area contributed by atoms with Crippen molar-refractivity contribution in [3.8, 4) is 5.75 Å². The Labute approximate surface area is 135 Å². The first-order valence-corrected chi connectivity index (χ1v) is 7.52. The summed E-state index contributed by atoms with van der Waals surface area (Å²) in [6.45, 7) is 5.97. The number of benzene rings is 2. The van der Waals surface area contributed by atoms with Gasteiger partial charge in [-0.25, -0.2) is 0 Å². The highest BCUT2D eigenvalue weighted by molar-refractivity contribution is 6.38. The maximum Gasteiger partial charge on any atom is 0.194 e. The lowest BCUT2D eigenvalue weighted by molar-refractivity contribution is 0.100. The third kappa shape index (κ3) is 2.59. The minimum Gasteiger partial charge on any atom is -0.508 e. The van der Waals surface area contributed by atoms with Crippen molar-refractivity contribution in [2.75, 3.05) is 0 Å². The molecule has 0 unspecified atom stereocenters. The maximum absolute atomic E-state index is 12.7. The predicted octanol–water partition coefficient (Wildman–Crippen LogP) is 4.15. The van der Waals surface area contributed by atoms with Gasteiger partial charge in [0.1, 0.15) is 5.75 Å². The molecular weight excluding hydrogens is 288 g/mol. The first-order chi connectivity index (χ1) is 10.8. The Bertz CT molecular complexity index is 851. The summed E-state index contributed by atoms with van der Waals surface area (Å²) in [5.41, 5.74) is 2.38. The van der Waals surface area contributed by atoms with Crippen LogP contribution in [0.3, 0.4) is 0 Å². The minimum absolute atomic E-state index is 0.161. The van der Waals surface area contributed by atoms with Crippen molar-refractivity contribution in [1.29, 1.82) is 0 Å². The first-order valence-electron chi connectivity index (χ1n) is 7.52. The van der Waals surface area contributed by atoms with Crippen LogP contribution in [0, 0.1) is 0 Å². The van der Waals surface area contributed by atoms with Crippen molar-refractivity contribution in [1.82, 2.24) is 0 Å². The molecule has 0 aromatic heterocycles. The summed E-state index contributed by atoms with van der Waals surface area (Å²) < 4.78 is 0. The number of phenolic OH excluding ortho intramolecular Hbond substituents is 1. The molecule has 1 N–H and O–H groups in total. The highest BCUT2D eigenvalue weighted by Gasteiger charge is 2.27. The molecule has 116 valence electrons. The zero-order valence-corrected chi connectivity index (χ0v) is 13.4. The summed E-state index contributed by atoms with van der Waals surface area (Å²) in [6.07, 6.45) is 1.39. The van der Waals surface area contributed by atoms with Crippen molar-refractivity contribution in [2.45, 2.75) is 26.2 Å². The molecule has 0 saturated heterocycles. The molecule has 2 aromatic rings. The topological polar surface area (TPSA) is 54.4 Å². The predicted molar refractivity (Wildman–Crippen MR) is 89.9 cm³/mol. The van der Waals surface area contributed by atoms with E-state index in [-0.39, 0.29) is 22.7 Å². The second-order valence-corrected chi connectivity index (χ2v) is 6.78. The number of aromatic hydroxyl groups is 1. The molecule has 0 fully saturated rings. The van der Waals surface area contributed by atoms with Crippen LogP contribution < -0.4 is 0 Å². The Kier molecular flexibility index (Phi) is 3.44. The monoisotopic (exact) mass is 306 g/mol. The lowest BCUT2D eigenvalue weighted by Crippen LogP contribution is -2.17. The Morgan fingerprint density at radius 3 is 2.22 bits per heavy atom. The minimum atomic E-state index is -0.264. The molecule has 0 radical (unpaired) electrons. The van der Waals surface area contributed by atoms with E-state index in [1.54, 1.807) is 42.5 Å². The zero-order valence-electron chi connectivity index (χ0n) is 13.4. The van der Waals surface area contributed by atoms with Crippen LogP contribution in [0.2, 0.25) is 0 Å². The molecule has 1 aliphatic rings. The quantitative estimate of drug-likeness (QED) is 0.861. The maximum atomic E-state index is 12.7. The van der Waals surface area contributed by atoms with Crippen LogP contribution in [-0.4, -0.2) is 16.7 Å². The van der Waals surface area contributed by atoms with E-state index in [1.165, 1.54) is 6.08 Å². The second kappa shape index (κ2) is 5.20. The average molecular weight is 306 g/mol. The van der Waals surface area contributed by atoms with Gasteiger partial charge in [-0.05, 0) is 34.8 Å². The van der Waals surface area contributed by atoms with E-state index in [4.69, 9.17) is 0 Å². The number of fused-ring (bicyclic) bond motifs is 1. The Morgan fingerprint density at radius 1 is 0.913 bits per heavy atom. The number of Topliss-reactive ketones (excluding diaryl/α,β-unsaturated/α-hetero) is 1. The number of hydrogen-bond donors (Lipinski definition) is 1. The van der Waals surface area contributed by atoms with Gasteiger partial charge in [-0.1, -0.05) is 51.1 Å². The molecule has 3 rings (SSSR count). The van der Waals surface area contributed by atoms with Gasteiger partial charge in [0, 0.05) is 16.7 Å². The standard InChI is InChI=1S/C20H18O3/c1-20(2,3)16-10-12(8-9-17(16)21)15-11-18(22)13-6-4-5-7-14(13)19(15)23/h4-11,21H,1-3H3. The summed E-state index contributed by atoms with van der Waals surface area (Å²) >= 11 is 0. The van der Waals surface area contributed by atoms with Crippen molar-refractivity contribution in [3.63, 3.8) is 0 Å². The highest BCUT2D eigenvalue weighted by Crippen LogP contribution is 2.35. The van der Waals surface area contributed by atoms with Gasteiger partial charge in [-0.2, -0.15) is 0 Å². The van der Waals surface area contributed by atoms with Crippen molar-refractivity contribution >= 4 is 17.1 Å². The normalized spacial score (nSPS) is 14.5. The third-order valence-corrected chi connectivity index (χ3v) is 4.07. The summed E-state index contributed by atoms with van der Waals surface area (Å²) in [7, 11) is 0. The summed E-state index contributed by atoms with van der Waals surface area (Å²) in [5, 5.41) is 10.1. The van der Waals surface area contributed by atoms with Gasteiger partial charge in [-0.3, -0.25) is 9.59 Å². The van der Waals surface area contributed by atoms with Crippen LogP contribution in [-0.2, 0) is 5.41 Å². The van der Waals surface area contributed by atoms with Crippen molar-refractivity contribution in [2.24, 2.45) is 0 Å². The molecule has 23 heavy (non-hydrogen) atoms. The van der Waals surface area contributed by atoms with Gasteiger partial charge in [-0.15, -0.1) is 0 Å². The number of phenols is 1. The highest BCUT2D eigenvalue weighted by atomic mass is 16.3. The summed E-state index contributed by atoms with van der Waals surface area (Å²) in [5.74, 6) is -0.136. The number of ketones is 2. The first kappa shape index (κ1) is 15.2. The van der Waals surface area contributed by atoms with Gasteiger partial charge in [0.05, 0.1) is 0 Å². The van der Waals surface area contributed by atoms with Gasteiger partial charge in [0.15, 0.2) is 11.6 Å². The Balaban J connectivity index is 2.14. The molecule has 0 spiro atoms. The van der Waals surface area contributed by atoms with Gasteiger partial charge in [0.25, 0.3) is 0 Å². The van der Waals surface area contributed by atoms with E-state index in [0.717, 1.165) is 5.56 Å². The molecule has 0 bridgehead atoms. The fourth-order valence-corrected chi connectivity index (χ4v) is 2.83. The van der Waals surface area contributed by atoms with Crippen LogP contribution >= 0.6 is 0 Å². The van der Waals surface area contributed by atoms with E-state index >= 15 is 0 Å². The van der Waals surface area contributed by atoms with Gasteiger partial charge in [0.2, 0.25) is 0 Å². The number of carbonyl (C=O) groups is 2. The molecule has 3 heteroatoms. The summed E-state index contributed by atoms with van der Waals surface area (Å²) in [6, 6.07) is 11.9. The van der Waals surface area contributed by atoms with Crippen molar-refractivity contribution in [3.05, 3.63) is 70.8 Å². The largest absolute Gasteiger partial charge is 0.508 e. The summed E-state index contributed by atoms with van der Waals surface area (Å²) in [4.78, 5) is 25.0. The molecule has 0 heterocycles. The second-order valence-electron chi connectivity index (χ2n) is 6.78. The number of rotatable bonds is 1. The van der Waals surface area contributed by atoms with Gasteiger partial charge < -0.3 is 5.11 Å². The molecule has 0 amide bonds. The van der Waals surface area contributed by atoms with Crippen LogP contribution in [0.5, 0.6) is 5.75 Å². The van der Waals surface area contributed by atoms with E-state index in [9.17, 15) is 14.7 Å². The molecule has 1 aliphatic carbocycles. The zero-order chi connectivity index (χ0) is 16.8. The average Bonchev–Trinajstić information content (AvgIpc) is 2.50. The number of carbonyl (C=O) groups excluding carboxylic acids is 2. The van der Waals surface area contributed by atoms with E-state index < -0.39 is 0 Å². The van der Waals surface area contributed by atoms with E-state index in [2.05, 4.69) is 0 Å². The fraction of sp³-hybridized carbons (Fsp3) is 0.200. The Morgan fingerprint density at radius 2 is 1.57 bits per heavy atom. The molecule has 0 atom stereocenters.